The lowest BCUT2D eigenvalue weighted by molar-refractivity contribution is -0.142. The fourth-order valence-corrected chi connectivity index (χ4v) is 2.44. The van der Waals surface area contributed by atoms with Gasteiger partial charge in [-0.1, -0.05) is 58.3 Å². The van der Waals surface area contributed by atoms with Crippen molar-refractivity contribution >= 4 is 5.97 Å². The molecule has 0 bridgehead atoms. The number of methoxy groups -OCH3 is 1. The maximum Gasteiger partial charge on any atom is 0.308 e. The Labute approximate surface area is 129 Å². The molecule has 0 aromatic rings. The molecule has 0 aromatic heterocycles. The van der Waals surface area contributed by atoms with Crippen molar-refractivity contribution in [3.05, 3.63) is 0 Å². The van der Waals surface area contributed by atoms with Crippen LogP contribution < -0.4 is 0 Å². The maximum atomic E-state index is 10.9. The van der Waals surface area contributed by atoms with Gasteiger partial charge in [0.2, 0.25) is 0 Å². The standard InChI is InChI=1S/C17H34O4/c1-3-4-8-11-15(18)12-9-6-5-7-10-13-16(19)14-17(20)21-2/h15-16,18-19H,3-14H2,1-2H3/t15-,16-/m0/s1. The zero-order valence-corrected chi connectivity index (χ0v) is 13.9. The first-order chi connectivity index (χ1) is 10.1. The second-order valence-electron chi connectivity index (χ2n) is 5.93. The molecule has 2 atom stereocenters. The highest BCUT2D eigenvalue weighted by molar-refractivity contribution is 5.69. The molecule has 2 N–H and O–H groups in total. The summed E-state index contributed by atoms with van der Waals surface area (Å²) in [6, 6.07) is 0. The summed E-state index contributed by atoms with van der Waals surface area (Å²) in [6.07, 6.45) is 10.8. The lowest BCUT2D eigenvalue weighted by Gasteiger charge is -2.10. The lowest BCUT2D eigenvalue weighted by Crippen LogP contribution is -2.14. The molecular weight excluding hydrogens is 268 g/mol. The summed E-state index contributed by atoms with van der Waals surface area (Å²) in [5, 5.41) is 19.4. The van der Waals surface area contributed by atoms with E-state index >= 15 is 0 Å². The first-order valence-electron chi connectivity index (χ1n) is 8.53. The number of carbonyl (C=O) groups excluding carboxylic acids is 1. The lowest BCUT2D eigenvalue weighted by atomic mass is 10.0. The van der Waals surface area contributed by atoms with Gasteiger partial charge in [-0.25, -0.2) is 0 Å². The Morgan fingerprint density at radius 3 is 1.86 bits per heavy atom. The van der Waals surface area contributed by atoms with Crippen molar-refractivity contribution in [2.24, 2.45) is 0 Å². The van der Waals surface area contributed by atoms with Crippen LogP contribution in [0.3, 0.4) is 0 Å². The first-order valence-corrected chi connectivity index (χ1v) is 8.53. The molecule has 0 amide bonds. The van der Waals surface area contributed by atoms with Crippen LogP contribution in [-0.2, 0) is 9.53 Å². The third-order valence-corrected chi connectivity index (χ3v) is 3.85. The van der Waals surface area contributed by atoms with Gasteiger partial charge in [-0.3, -0.25) is 4.79 Å². The summed E-state index contributed by atoms with van der Waals surface area (Å²) in [5.41, 5.74) is 0. The van der Waals surface area contributed by atoms with Gasteiger partial charge < -0.3 is 14.9 Å². The molecule has 0 rings (SSSR count). The van der Waals surface area contributed by atoms with Crippen LogP contribution in [0.2, 0.25) is 0 Å². The SMILES string of the molecule is CCCCC[C@H](O)CCCCCCC[C@H](O)CC(=O)OC. The Morgan fingerprint density at radius 2 is 1.33 bits per heavy atom. The number of hydrogen-bond donors (Lipinski definition) is 2. The molecule has 0 unspecified atom stereocenters. The highest BCUT2D eigenvalue weighted by Gasteiger charge is 2.10. The molecule has 0 heterocycles. The smallest absolute Gasteiger partial charge is 0.308 e. The Morgan fingerprint density at radius 1 is 0.857 bits per heavy atom. The van der Waals surface area contributed by atoms with Crippen molar-refractivity contribution in [1.82, 2.24) is 0 Å². The fourth-order valence-electron chi connectivity index (χ4n) is 2.44. The molecular formula is C17H34O4. The molecule has 0 aliphatic carbocycles. The quantitative estimate of drug-likeness (QED) is 0.380. The van der Waals surface area contributed by atoms with Crippen LogP contribution in [0, 0.1) is 0 Å². The van der Waals surface area contributed by atoms with E-state index in [2.05, 4.69) is 11.7 Å². The summed E-state index contributed by atoms with van der Waals surface area (Å²) in [6.45, 7) is 2.18. The van der Waals surface area contributed by atoms with Crippen LogP contribution in [0.4, 0.5) is 0 Å². The van der Waals surface area contributed by atoms with Gasteiger partial charge in [-0.05, 0) is 19.3 Å². The van der Waals surface area contributed by atoms with E-state index in [1.165, 1.54) is 20.0 Å². The minimum Gasteiger partial charge on any atom is -0.469 e. The molecule has 0 fully saturated rings. The molecule has 4 nitrogen and oxygen atoms in total. The van der Waals surface area contributed by atoms with Crippen LogP contribution >= 0.6 is 0 Å². The summed E-state index contributed by atoms with van der Waals surface area (Å²) in [7, 11) is 1.34. The van der Waals surface area contributed by atoms with Gasteiger partial charge >= 0.3 is 5.97 Å². The number of carbonyl (C=O) groups is 1. The second-order valence-corrected chi connectivity index (χ2v) is 5.93. The minimum absolute atomic E-state index is 0.0977. The van der Waals surface area contributed by atoms with E-state index in [1.807, 2.05) is 0 Å². The average molecular weight is 302 g/mol. The number of unbranched alkanes of at least 4 members (excludes halogenated alkanes) is 6. The summed E-state index contributed by atoms with van der Waals surface area (Å²) < 4.78 is 4.52. The normalized spacial score (nSPS) is 13.9. The van der Waals surface area contributed by atoms with Crippen molar-refractivity contribution in [2.75, 3.05) is 7.11 Å². The predicted molar refractivity (Wildman–Crippen MR) is 85.1 cm³/mol. The summed E-state index contributed by atoms with van der Waals surface area (Å²) in [5.74, 6) is -0.348. The fraction of sp³-hybridized carbons (Fsp3) is 0.941. The van der Waals surface area contributed by atoms with Gasteiger partial charge in [-0.2, -0.15) is 0 Å². The van der Waals surface area contributed by atoms with E-state index in [4.69, 9.17) is 0 Å². The highest BCUT2D eigenvalue weighted by Crippen LogP contribution is 2.13. The van der Waals surface area contributed by atoms with Crippen molar-refractivity contribution in [3.63, 3.8) is 0 Å². The van der Waals surface area contributed by atoms with Gasteiger partial charge in [0, 0.05) is 0 Å². The molecule has 0 aliphatic heterocycles. The molecule has 4 heteroatoms. The number of aliphatic hydroxyl groups excluding tert-OH is 2. The zero-order chi connectivity index (χ0) is 15.9. The maximum absolute atomic E-state index is 10.9. The van der Waals surface area contributed by atoms with Crippen molar-refractivity contribution in [1.29, 1.82) is 0 Å². The average Bonchev–Trinajstić information content (AvgIpc) is 2.46. The number of hydrogen-bond acceptors (Lipinski definition) is 4. The number of rotatable bonds is 14. The van der Waals surface area contributed by atoms with Crippen molar-refractivity contribution in [2.45, 2.75) is 96.2 Å². The number of ether oxygens (including phenoxy) is 1. The molecule has 126 valence electrons. The van der Waals surface area contributed by atoms with Crippen LogP contribution in [0.15, 0.2) is 0 Å². The number of aliphatic hydroxyl groups is 2. The molecule has 0 spiro atoms. The Bertz CT molecular complexity index is 243. The topological polar surface area (TPSA) is 66.8 Å². The van der Waals surface area contributed by atoms with Gasteiger partial charge in [0.1, 0.15) is 0 Å². The van der Waals surface area contributed by atoms with E-state index in [0.29, 0.717) is 6.42 Å². The molecule has 0 radical (unpaired) electrons. The molecule has 0 saturated carbocycles. The van der Waals surface area contributed by atoms with E-state index in [-0.39, 0.29) is 18.5 Å². The summed E-state index contributed by atoms with van der Waals surface area (Å²) in [4.78, 5) is 10.9. The van der Waals surface area contributed by atoms with Gasteiger partial charge in [-0.15, -0.1) is 0 Å². The zero-order valence-electron chi connectivity index (χ0n) is 13.9. The highest BCUT2D eigenvalue weighted by atomic mass is 16.5. The van der Waals surface area contributed by atoms with Crippen molar-refractivity contribution < 1.29 is 19.7 Å². The largest absolute Gasteiger partial charge is 0.469 e. The molecule has 0 aromatic carbocycles. The van der Waals surface area contributed by atoms with Crippen LogP contribution in [0.5, 0.6) is 0 Å². The third-order valence-electron chi connectivity index (χ3n) is 3.85. The molecule has 0 saturated heterocycles. The molecule has 0 aliphatic rings. The van der Waals surface area contributed by atoms with Crippen LogP contribution in [-0.4, -0.2) is 35.5 Å². The van der Waals surface area contributed by atoms with E-state index in [0.717, 1.165) is 51.4 Å². The van der Waals surface area contributed by atoms with Crippen molar-refractivity contribution in [3.8, 4) is 0 Å². The van der Waals surface area contributed by atoms with Gasteiger partial charge in [0.25, 0.3) is 0 Å². The first kappa shape index (κ1) is 20.4. The Hall–Kier alpha value is -0.610. The van der Waals surface area contributed by atoms with Crippen LogP contribution in [0.1, 0.15) is 84.0 Å². The summed E-state index contributed by atoms with van der Waals surface area (Å²) >= 11 is 0. The predicted octanol–water partition coefficient (Wildman–Crippen LogP) is 3.58. The van der Waals surface area contributed by atoms with Crippen LogP contribution in [0.25, 0.3) is 0 Å². The van der Waals surface area contributed by atoms with E-state index < -0.39 is 6.10 Å². The third kappa shape index (κ3) is 14.1. The molecule has 21 heavy (non-hydrogen) atoms. The second kappa shape index (κ2) is 14.3. The monoisotopic (exact) mass is 302 g/mol. The minimum atomic E-state index is -0.571. The Kier molecular flexibility index (Phi) is 13.9. The van der Waals surface area contributed by atoms with E-state index in [9.17, 15) is 15.0 Å². The van der Waals surface area contributed by atoms with E-state index in [1.54, 1.807) is 0 Å². The van der Waals surface area contributed by atoms with Gasteiger partial charge in [0.05, 0.1) is 25.7 Å². The number of esters is 1. The Balaban J connectivity index is 3.30. The van der Waals surface area contributed by atoms with Gasteiger partial charge in [0.15, 0.2) is 0 Å².